The van der Waals surface area contributed by atoms with Gasteiger partial charge in [-0.3, -0.25) is 4.79 Å². The fourth-order valence-electron chi connectivity index (χ4n) is 3.43. The molecule has 0 heterocycles. The molecule has 0 amide bonds. The number of rotatable bonds is 13. The summed E-state index contributed by atoms with van der Waals surface area (Å²) in [5.41, 5.74) is 1.75. The number of carbonyl (C=O) groups excluding carboxylic acids is 1. The molecule has 2 aromatic carbocycles. The number of methoxy groups -OCH3 is 6. The first-order valence-corrected chi connectivity index (χ1v) is 10.4. The highest BCUT2D eigenvalue weighted by Crippen LogP contribution is 2.39. The molecule has 2 aromatic rings. The average molecular weight is 461 g/mol. The van der Waals surface area contributed by atoms with Crippen molar-refractivity contribution in [3.8, 4) is 34.5 Å². The van der Waals surface area contributed by atoms with E-state index in [1.54, 1.807) is 35.5 Å². The standard InChI is InChI=1S/C25H32O8/c1-28-20-11-16(12-21(29-2)24(20)32-5)7-9-18(26)15-19(27)10-8-17-13-22(30-3)25(33-6)23(14-17)31-4/h11-15,26H,7-10H2,1-6H3/b18-15-. The molecule has 0 spiro atoms. The summed E-state index contributed by atoms with van der Waals surface area (Å²) >= 11 is 0. The van der Waals surface area contributed by atoms with Gasteiger partial charge in [-0.1, -0.05) is 0 Å². The summed E-state index contributed by atoms with van der Waals surface area (Å²) in [4.78, 5) is 12.4. The highest BCUT2D eigenvalue weighted by molar-refractivity contribution is 5.90. The SMILES string of the molecule is COc1cc(CCC(=O)/C=C(\O)CCc2cc(OC)c(OC)c(OC)c2)cc(OC)c1OC. The second-order valence-corrected chi connectivity index (χ2v) is 7.17. The summed E-state index contributed by atoms with van der Waals surface area (Å²) in [7, 11) is 9.26. The molecule has 0 atom stereocenters. The fourth-order valence-corrected chi connectivity index (χ4v) is 3.43. The van der Waals surface area contributed by atoms with Crippen molar-refractivity contribution >= 4 is 5.78 Å². The van der Waals surface area contributed by atoms with Crippen molar-refractivity contribution in [2.75, 3.05) is 42.7 Å². The molecule has 0 bridgehead atoms. The van der Waals surface area contributed by atoms with Crippen LogP contribution in [0.5, 0.6) is 34.5 Å². The van der Waals surface area contributed by atoms with Crippen LogP contribution in [0, 0.1) is 0 Å². The highest BCUT2D eigenvalue weighted by atomic mass is 16.5. The summed E-state index contributed by atoms with van der Waals surface area (Å²) in [6.45, 7) is 0. The van der Waals surface area contributed by atoms with E-state index in [0.29, 0.717) is 53.8 Å². The number of aliphatic hydroxyl groups is 1. The van der Waals surface area contributed by atoms with Crippen LogP contribution in [0.2, 0.25) is 0 Å². The van der Waals surface area contributed by atoms with Crippen LogP contribution in [-0.2, 0) is 17.6 Å². The predicted octanol–water partition coefficient (Wildman–Crippen LogP) is 4.31. The number of aliphatic hydroxyl groups excluding tert-OH is 1. The quantitative estimate of drug-likeness (QED) is 0.349. The summed E-state index contributed by atoms with van der Waals surface area (Å²) in [5.74, 6) is 2.98. The lowest BCUT2D eigenvalue weighted by molar-refractivity contribution is -0.114. The molecule has 2 rings (SSSR count). The van der Waals surface area contributed by atoms with E-state index in [1.165, 1.54) is 13.2 Å². The van der Waals surface area contributed by atoms with Gasteiger partial charge >= 0.3 is 0 Å². The van der Waals surface area contributed by atoms with Crippen molar-refractivity contribution in [3.63, 3.8) is 0 Å². The number of carbonyl (C=O) groups is 1. The second-order valence-electron chi connectivity index (χ2n) is 7.17. The Bertz CT molecular complexity index is 930. The fraction of sp³-hybridized carbons (Fsp3) is 0.400. The predicted molar refractivity (Wildman–Crippen MR) is 125 cm³/mol. The number of hydrogen-bond acceptors (Lipinski definition) is 8. The van der Waals surface area contributed by atoms with Crippen molar-refractivity contribution in [1.29, 1.82) is 0 Å². The van der Waals surface area contributed by atoms with E-state index in [2.05, 4.69) is 0 Å². The van der Waals surface area contributed by atoms with Gasteiger partial charge in [0, 0.05) is 18.9 Å². The highest BCUT2D eigenvalue weighted by Gasteiger charge is 2.15. The molecule has 0 radical (unpaired) electrons. The van der Waals surface area contributed by atoms with Crippen LogP contribution < -0.4 is 28.4 Å². The number of aryl methyl sites for hydroxylation is 2. The van der Waals surface area contributed by atoms with Gasteiger partial charge in [-0.05, 0) is 48.2 Å². The van der Waals surface area contributed by atoms with Crippen LogP contribution in [0.1, 0.15) is 24.0 Å². The van der Waals surface area contributed by atoms with Gasteiger partial charge in [-0.15, -0.1) is 0 Å². The molecule has 1 N–H and O–H groups in total. The maximum Gasteiger partial charge on any atom is 0.203 e. The second kappa shape index (κ2) is 12.5. The summed E-state index contributed by atoms with van der Waals surface area (Å²) in [6, 6.07) is 7.26. The molecule has 8 nitrogen and oxygen atoms in total. The maximum absolute atomic E-state index is 12.4. The molecule has 0 saturated heterocycles. The number of ketones is 1. The van der Waals surface area contributed by atoms with Gasteiger partial charge in [-0.25, -0.2) is 0 Å². The van der Waals surface area contributed by atoms with Crippen molar-refractivity contribution in [2.45, 2.75) is 25.7 Å². The Hall–Kier alpha value is -3.55. The number of allylic oxidation sites excluding steroid dienone is 2. The number of ether oxygens (including phenoxy) is 6. The molecule has 8 heteroatoms. The lowest BCUT2D eigenvalue weighted by atomic mass is 10.0. The zero-order valence-electron chi connectivity index (χ0n) is 20.0. The van der Waals surface area contributed by atoms with Crippen LogP contribution in [0.25, 0.3) is 0 Å². The summed E-state index contributed by atoms with van der Waals surface area (Å²) in [6.07, 6.45) is 2.77. The third-order valence-electron chi connectivity index (χ3n) is 5.11. The largest absolute Gasteiger partial charge is 0.512 e. The molecule has 33 heavy (non-hydrogen) atoms. The van der Waals surface area contributed by atoms with Crippen LogP contribution in [0.4, 0.5) is 0 Å². The van der Waals surface area contributed by atoms with Gasteiger partial charge in [-0.2, -0.15) is 0 Å². The molecule has 0 unspecified atom stereocenters. The van der Waals surface area contributed by atoms with Gasteiger partial charge in [0.05, 0.1) is 48.4 Å². The van der Waals surface area contributed by atoms with Gasteiger partial charge in [0.2, 0.25) is 11.5 Å². The molecule has 0 aromatic heterocycles. The molecule has 0 aliphatic rings. The first-order valence-electron chi connectivity index (χ1n) is 10.4. The van der Waals surface area contributed by atoms with Crippen LogP contribution in [-0.4, -0.2) is 53.5 Å². The van der Waals surface area contributed by atoms with E-state index in [0.717, 1.165) is 11.1 Å². The van der Waals surface area contributed by atoms with E-state index in [1.807, 2.05) is 24.3 Å². The minimum Gasteiger partial charge on any atom is -0.512 e. The van der Waals surface area contributed by atoms with Crippen LogP contribution in [0.3, 0.4) is 0 Å². The zero-order valence-corrected chi connectivity index (χ0v) is 20.0. The minimum atomic E-state index is -0.175. The van der Waals surface area contributed by atoms with Crippen LogP contribution >= 0.6 is 0 Å². The maximum atomic E-state index is 12.4. The normalized spacial score (nSPS) is 11.0. The smallest absolute Gasteiger partial charge is 0.203 e. The van der Waals surface area contributed by atoms with Crippen molar-refractivity contribution < 1.29 is 38.3 Å². The van der Waals surface area contributed by atoms with E-state index < -0.39 is 0 Å². The van der Waals surface area contributed by atoms with E-state index in [4.69, 9.17) is 28.4 Å². The summed E-state index contributed by atoms with van der Waals surface area (Å²) < 4.78 is 32.0. The molecule has 0 saturated carbocycles. The molecule has 0 aliphatic carbocycles. The Morgan fingerprint density at radius 2 is 1.03 bits per heavy atom. The van der Waals surface area contributed by atoms with E-state index in [9.17, 15) is 9.90 Å². The average Bonchev–Trinajstić information content (AvgIpc) is 2.84. The third-order valence-corrected chi connectivity index (χ3v) is 5.11. The first kappa shape index (κ1) is 25.7. The van der Waals surface area contributed by atoms with Gasteiger partial charge < -0.3 is 33.5 Å². The van der Waals surface area contributed by atoms with Crippen molar-refractivity contribution in [3.05, 3.63) is 47.2 Å². The van der Waals surface area contributed by atoms with Crippen LogP contribution in [0.15, 0.2) is 36.1 Å². The van der Waals surface area contributed by atoms with Crippen molar-refractivity contribution in [2.24, 2.45) is 0 Å². The lowest BCUT2D eigenvalue weighted by Gasteiger charge is -2.14. The Kier molecular flexibility index (Phi) is 9.72. The Morgan fingerprint density at radius 3 is 1.36 bits per heavy atom. The Labute approximate surface area is 194 Å². The van der Waals surface area contributed by atoms with Gasteiger partial charge in [0.1, 0.15) is 0 Å². The molecular weight excluding hydrogens is 428 g/mol. The number of hydrogen-bond donors (Lipinski definition) is 1. The van der Waals surface area contributed by atoms with E-state index in [-0.39, 0.29) is 18.0 Å². The molecular formula is C25H32O8. The minimum absolute atomic E-state index is 0.0126. The lowest BCUT2D eigenvalue weighted by Crippen LogP contribution is -2.01. The topological polar surface area (TPSA) is 92.7 Å². The Morgan fingerprint density at radius 1 is 0.667 bits per heavy atom. The third kappa shape index (κ3) is 6.71. The molecule has 0 aliphatic heterocycles. The molecule has 0 fully saturated rings. The first-order chi connectivity index (χ1) is 15.9. The van der Waals surface area contributed by atoms with Gasteiger partial charge in [0.25, 0.3) is 0 Å². The zero-order chi connectivity index (χ0) is 24.4. The molecule has 180 valence electrons. The van der Waals surface area contributed by atoms with E-state index >= 15 is 0 Å². The van der Waals surface area contributed by atoms with Crippen molar-refractivity contribution in [1.82, 2.24) is 0 Å². The number of benzene rings is 2. The monoisotopic (exact) mass is 460 g/mol. The Balaban J connectivity index is 2.01. The van der Waals surface area contributed by atoms with Gasteiger partial charge in [0.15, 0.2) is 28.8 Å². The summed E-state index contributed by atoms with van der Waals surface area (Å²) in [5, 5.41) is 10.3.